The zero-order chi connectivity index (χ0) is 30.3. The van der Waals surface area contributed by atoms with Crippen LogP contribution in [0.15, 0.2) is 103 Å². The van der Waals surface area contributed by atoms with E-state index in [1.807, 2.05) is 67.6 Å². The molecular weight excluding hydrogens is 565 g/mol. The van der Waals surface area contributed by atoms with Crippen molar-refractivity contribution >= 4 is 32.5 Å². The quantitative estimate of drug-likeness (QED) is 0.201. The van der Waals surface area contributed by atoms with Crippen molar-refractivity contribution in [2.24, 2.45) is 0 Å². The van der Waals surface area contributed by atoms with Gasteiger partial charge in [0.1, 0.15) is 17.4 Å². The highest BCUT2D eigenvalue weighted by Crippen LogP contribution is 2.50. The molecular formula is C34H30FN3O4S. The maximum absolute atomic E-state index is 14.4. The molecule has 0 N–H and O–H groups in total. The predicted molar refractivity (Wildman–Crippen MR) is 165 cm³/mol. The van der Waals surface area contributed by atoms with Gasteiger partial charge in [0.05, 0.1) is 23.5 Å². The number of amides is 1. The van der Waals surface area contributed by atoms with Crippen molar-refractivity contribution in [1.29, 1.82) is 0 Å². The van der Waals surface area contributed by atoms with Crippen LogP contribution in [0.4, 0.5) is 10.1 Å². The lowest BCUT2D eigenvalue weighted by molar-refractivity contribution is 0.0719. The molecule has 0 radical (unpaired) electrons. The van der Waals surface area contributed by atoms with Gasteiger partial charge in [-0.05, 0) is 47.9 Å². The molecule has 0 saturated heterocycles. The number of anilines is 1. The summed E-state index contributed by atoms with van der Waals surface area (Å²) < 4.78 is 47.6. The van der Waals surface area contributed by atoms with Gasteiger partial charge in [0.2, 0.25) is 10.0 Å². The maximum Gasteiger partial charge on any atom is 0.258 e. The van der Waals surface area contributed by atoms with Crippen LogP contribution in [0.2, 0.25) is 0 Å². The van der Waals surface area contributed by atoms with Gasteiger partial charge in [-0.3, -0.25) is 14.1 Å². The molecule has 1 unspecified atom stereocenters. The molecule has 0 bridgehead atoms. The Morgan fingerprint density at radius 2 is 1.53 bits per heavy atom. The summed E-state index contributed by atoms with van der Waals surface area (Å²) in [6.07, 6.45) is 2.15. The molecule has 9 heteroatoms. The summed E-state index contributed by atoms with van der Waals surface area (Å²) in [5.74, 6) is -0.407. The number of rotatable bonds is 8. The summed E-state index contributed by atoms with van der Waals surface area (Å²) in [4.78, 5) is 20.7. The minimum absolute atomic E-state index is 0.195. The molecule has 7 nitrogen and oxygen atoms in total. The molecule has 0 aliphatic carbocycles. The van der Waals surface area contributed by atoms with Gasteiger partial charge in [0.15, 0.2) is 5.75 Å². The van der Waals surface area contributed by atoms with Crippen LogP contribution in [0.3, 0.4) is 0 Å². The van der Waals surface area contributed by atoms with E-state index in [2.05, 4.69) is 4.98 Å². The van der Waals surface area contributed by atoms with Crippen molar-refractivity contribution < 1.29 is 22.3 Å². The van der Waals surface area contributed by atoms with Crippen LogP contribution in [-0.4, -0.2) is 37.5 Å². The molecule has 0 spiro atoms. The Kier molecular flexibility index (Phi) is 7.35. The molecule has 1 atom stereocenters. The molecule has 0 saturated carbocycles. The van der Waals surface area contributed by atoms with Gasteiger partial charge in [-0.25, -0.2) is 12.8 Å². The first-order chi connectivity index (χ1) is 20.6. The second kappa shape index (κ2) is 11.1. The van der Waals surface area contributed by atoms with Crippen LogP contribution in [0.5, 0.6) is 5.75 Å². The normalized spacial score (nSPS) is 14.8. The standard InChI is InChI=1S/C34H30FN3O4S/c1-22-28-29(34(39)38(22)21-23-16-18-26(35)19-17-23)33(30-27(15-10-20-36-30)31(28)37(2)43(3,40)41)42-32(24-11-6-4-7-12-24)25-13-8-5-9-14-25/h4-20,22,32H,21H2,1-3H3. The summed E-state index contributed by atoms with van der Waals surface area (Å²) in [5.41, 5.74) is 4.07. The fraction of sp³-hybridized carbons (Fsp3) is 0.176. The number of sulfonamides is 1. The number of pyridine rings is 1. The topological polar surface area (TPSA) is 79.8 Å². The van der Waals surface area contributed by atoms with Crippen molar-refractivity contribution in [3.63, 3.8) is 0 Å². The smallest absolute Gasteiger partial charge is 0.258 e. The number of hydrogen-bond acceptors (Lipinski definition) is 5. The summed E-state index contributed by atoms with van der Waals surface area (Å²) in [5, 5.41) is 0.548. The number of nitrogens with zero attached hydrogens (tertiary/aromatic N) is 3. The fourth-order valence-corrected chi connectivity index (χ4v) is 6.22. The van der Waals surface area contributed by atoms with Crippen molar-refractivity contribution in [3.05, 3.63) is 137 Å². The van der Waals surface area contributed by atoms with E-state index >= 15 is 0 Å². The van der Waals surface area contributed by atoms with E-state index in [4.69, 9.17) is 4.74 Å². The van der Waals surface area contributed by atoms with E-state index in [1.165, 1.54) is 23.5 Å². The van der Waals surface area contributed by atoms with Gasteiger partial charge in [-0.1, -0.05) is 72.8 Å². The van der Waals surface area contributed by atoms with Crippen molar-refractivity contribution in [3.8, 4) is 5.75 Å². The molecule has 1 aromatic heterocycles. The third kappa shape index (κ3) is 5.21. The number of carbonyl (C=O) groups excluding carboxylic acids is 1. The molecule has 1 amide bonds. The summed E-state index contributed by atoms with van der Waals surface area (Å²) in [6, 6.07) is 28.4. The van der Waals surface area contributed by atoms with Crippen LogP contribution in [0.1, 0.15) is 51.7 Å². The number of ether oxygens (including phenoxy) is 1. The highest BCUT2D eigenvalue weighted by molar-refractivity contribution is 7.92. The molecule has 0 fully saturated rings. The van der Waals surface area contributed by atoms with Crippen LogP contribution in [-0.2, 0) is 16.6 Å². The minimum Gasteiger partial charge on any atom is -0.478 e. The Hall–Kier alpha value is -4.76. The fourth-order valence-electron chi connectivity index (χ4n) is 5.69. The average molecular weight is 596 g/mol. The number of hydrogen-bond donors (Lipinski definition) is 0. The van der Waals surface area contributed by atoms with E-state index < -0.39 is 22.2 Å². The van der Waals surface area contributed by atoms with Crippen molar-refractivity contribution in [1.82, 2.24) is 9.88 Å². The van der Waals surface area contributed by atoms with E-state index in [9.17, 15) is 17.6 Å². The number of fused-ring (bicyclic) bond motifs is 2. The molecule has 1 aliphatic rings. The summed E-state index contributed by atoms with van der Waals surface area (Å²) in [6.45, 7) is 2.06. The van der Waals surface area contributed by atoms with Gasteiger partial charge in [-0.15, -0.1) is 0 Å². The predicted octanol–water partition coefficient (Wildman–Crippen LogP) is 6.66. The lowest BCUT2D eigenvalue weighted by Gasteiger charge is -2.27. The number of aromatic nitrogens is 1. The molecule has 6 rings (SSSR count). The Balaban J connectivity index is 1.60. The lowest BCUT2D eigenvalue weighted by atomic mass is 9.96. The van der Waals surface area contributed by atoms with E-state index in [-0.39, 0.29) is 29.6 Å². The zero-order valence-electron chi connectivity index (χ0n) is 23.9. The van der Waals surface area contributed by atoms with Crippen molar-refractivity contribution in [2.75, 3.05) is 17.6 Å². The van der Waals surface area contributed by atoms with Gasteiger partial charge in [0.25, 0.3) is 5.91 Å². The Morgan fingerprint density at radius 1 is 0.930 bits per heavy atom. The zero-order valence-corrected chi connectivity index (χ0v) is 24.8. The van der Waals surface area contributed by atoms with Crippen LogP contribution < -0.4 is 9.04 Å². The van der Waals surface area contributed by atoms with E-state index in [0.29, 0.717) is 22.2 Å². The average Bonchev–Trinajstić information content (AvgIpc) is 3.25. The lowest BCUT2D eigenvalue weighted by Crippen LogP contribution is -2.28. The minimum atomic E-state index is -3.72. The van der Waals surface area contributed by atoms with E-state index in [0.717, 1.165) is 22.9 Å². The molecule has 1 aliphatic heterocycles. The van der Waals surface area contributed by atoms with Crippen molar-refractivity contribution in [2.45, 2.75) is 25.6 Å². The number of carbonyl (C=O) groups is 1. The maximum atomic E-state index is 14.4. The highest BCUT2D eigenvalue weighted by Gasteiger charge is 2.43. The first kappa shape index (κ1) is 28.4. The molecule has 4 aromatic carbocycles. The Bertz CT molecular complexity index is 1880. The SMILES string of the molecule is CC1c2c(c(OC(c3ccccc3)c3ccccc3)c3ncccc3c2N(C)S(C)(=O)=O)C(=O)N1Cc1ccc(F)cc1. The van der Waals surface area contributed by atoms with Gasteiger partial charge >= 0.3 is 0 Å². The number of halogens is 1. The molecule has 5 aromatic rings. The summed E-state index contributed by atoms with van der Waals surface area (Å²) in [7, 11) is -2.24. The second-order valence-corrected chi connectivity index (χ2v) is 12.7. The molecule has 2 heterocycles. The van der Waals surface area contributed by atoms with E-state index in [1.54, 1.807) is 35.4 Å². The van der Waals surface area contributed by atoms with Gasteiger partial charge < -0.3 is 9.64 Å². The Morgan fingerprint density at radius 3 is 2.12 bits per heavy atom. The van der Waals surface area contributed by atoms with Gasteiger partial charge in [-0.2, -0.15) is 0 Å². The number of benzene rings is 4. The largest absolute Gasteiger partial charge is 0.478 e. The monoisotopic (exact) mass is 595 g/mol. The first-order valence-corrected chi connectivity index (χ1v) is 15.7. The summed E-state index contributed by atoms with van der Waals surface area (Å²) >= 11 is 0. The molecule has 43 heavy (non-hydrogen) atoms. The molecule has 218 valence electrons. The third-order valence-electron chi connectivity index (χ3n) is 7.91. The Labute approximate surface area is 250 Å². The first-order valence-electron chi connectivity index (χ1n) is 13.9. The third-order valence-corrected chi connectivity index (χ3v) is 9.09. The highest BCUT2D eigenvalue weighted by atomic mass is 32.2. The second-order valence-electron chi connectivity index (χ2n) is 10.7. The van der Waals surface area contributed by atoms with Gasteiger partial charge in [0, 0.05) is 30.7 Å². The van der Waals surface area contributed by atoms with Crippen LogP contribution >= 0.6 is 0 Å². The van der Waals surface area contributed by atoms with Crippen LogP contribution in [0, 0.1) is 5.82 Å². The van der Waals surface area contributed by atoms with Crippen LogP contribution in [0.25, 0.3) is 10.9 Å².